The van der Waals surface area contributed by atoms with Crippen molar-refractivity contribution in [1.29, 1.82) is 0 Å². The molecule has 0 radical (unpaired) electrons. The largest absolute Gasteiger partial charge is 0.326 e. The summed E-state index contributed by atoms with van der Waals surface area (Å²) in [5, 5.41) is 13.7. The van der Waals surface area contributed by atoms with Crippen molar-refractivity contribution in [1.82, 2.24) is 4.90 Å². The van der Waals surface area contributed by atoms with E-state index in [0.29, 0.717) is 18.7 Å². The van der Waals surface area contributed by atoms with Gasteiger partial charge >= 0.3 is 0 Å². The zero-order chi connectivity index (χ0) is 19.3. The summed E-state index contributed by atoms with van der Waals surface area (Å²) in [5.41, 5.74) is 3.67. The maximum absolute atomic E-state index is 12.2. The molecule has 1 amide bonds. The molecule has 2 aromatic rings. The smallest absolute Gasteiger partial charge is 0.271 e. The van der Waals surface area contributed by atoms with Crippen molar-refractivity contribution in [3.63, 3.8) is 0 Å². The number of carbonyl (C=O) groups excluding carboxylic acids is 1. The Bertz CT molecular complexity index is 787. The van der Waals surface area contributed by atoms with E-state index in [1.165, 1.54) is 23.3 Å². The minimum absolute atomic E-state index is 0.0315. The molecule has 6 nitrogen and oxygen atoms in total. The van der Waals surface area contributed by atoms with Gasteiger partial charge in [0.1, 0.15) is 0 Å². The Balaban J connectivity index is 1.93. The summed E-state index contributed by atoms with van der Waals surface area (Å²) in [4.78, 5) is 24.8. The molecule has 0 saturated heterocycles. The first-order chi connectivity index (χ1) is 12.3. The SMILES string of the molecule is Cc1ccc(C(C)N(C)CCC(=O)Nc2cc([N+](=O)[O-])ccc2C)cc1. The van der Waals surface area contributed by atoms with E-state index in [2.05, 4.69) is 48.3 Å². The fourth-order valence-corrected chi connectivity index (χ4v) is 2.64. The van der Waals surface area contributed by atoms with Gasteiger partial charge in [-0.1, -0.05) is 35.9 Å². The van der Waals surface area contributed by atoms with E-state index in [4.69, 9.17) is 0 Å². The highest BCUT2D eigenvalue weighted by atomic mass is 16.6. The standard InChI is InChI=1S/C20H25N3O3/c1-14-5-8-17(9-6-14)16(3)22(4)12-11-20(24)21-19-13-18(23(25)26)10-7-15(19)2/h5-10,13,16H,11-12H2,1-4H3,(H,21,24). The van der Waals surface area contributed by atoms with Crippen molar-refractivity contribution in [2.75, 3.05) is 18.9 Å². The number of benzene rings is 2. The first-order valence-electron chi connectivity index (χ1n) is 8.59. The van der Waals surface area contributed by atoms with Crippen LogP contribution in [0.5, 0.6) is 0 Å². The third-order valence-corrected chi connectivity index (χ3v) is 4.62. The van der Waals surface area contributed by atoms with Gasteiger partial charge in [0.15, 0.2) is 0 Å². The van der Waals surface area contributed by atoms with Crippen LogP contribution in [0.4, 0.5) is 11.4 Å². The summed E-state index contributed by atoms with van der Waals surface area (Å²) in [5.74, 6) is -0.156. The Morgan fingerprint density at radius 3 is 2.46 bits per heavy atom. The van der Waals surface area contributed by atoms with E-state index >= 15 is 0 Å². The number of nitrogens with one attached hydrogen (secondary N) is 1. The van der Waals surface area contributed by atoms with E-state index in [0.717, 1.165) is 5.56 Å². The van der Waals surface area contributed by atoms with Crippen LogP contribution in [0, 0.1) is 24.0 Å². The fraction of sp³-hybridized carbons (Fsp3) is 0.350. The minimum Gasteiger partial charge on any atom is -0.326 e. The lowest BCUT2D eigenvalue weighted by atomic mass is 10.1. The van der Waals surface area contributed by atoms with Crippen molar-refractivity contribution >= 4 is 17.3 Å². The van der Waals surface area contributed by atoms with Crippen LogP contribution in [-0.4, -0.2) is 29.3 Å². The lowest BCUT2D eigenvalue weighted by molar-refractivity contribution is -0.384. The Morgan fingerprint density at radius 2 is 1.85 bits per heavy atom. The third-order valence-electron chi connectivity index (χ3n) is 4.62. The molecule has 26 heavy (non-hydrogen) atoms. The number of hydrogen-bond acceptors (Lipinski definition) is 4. The normalized spacial score (nSPS) is 12.0. The number of rotatable bonds is 7. The number of anilines is 1. The van der Waals surface area contributed by atoms with E-state index in [-0.39, 0.29) is 17.6 Å². The molecule has 1 unspecified atom stereocenters. The van der Waals surface area contributed by atoms with E-state index in [1.54, 1.807) is 6.07 Å². The van der Waals surface area contributed by atoms with Gasteiger partial charge in [-0.05, 0) is 38.9 Å². The van der Waals surface area contributed by atoms with Crippen molar-refractivity contribution < 1.29 is 9.72 Å². The number of hydrogen-bond donors (Lipinski definition) is 1. The van der Waals surface area contributed by atoms with Gasteiger partial charge in [-0.2, -0.15) is 0 Å². The number of non-ortho nitro benzene ring substituents is 1. The monoisotopic (exact) mass is 355 g/mol. The molecule has 138 valence electrons. The van der Waals surface area contributed by atoms with Gasteiger partial charge in [0.25, 0.3) is 5.69 Å². The molecule has 0 heterocycles. The van der Waals surface area contributed by atoms with Gasteiger partial charge in [-0.3, -0.25) is 19.8 Å². The molecule has 0 aromatic heterocycles. The van der Waals surface area contributed by atoms with E-state index < -0.39 is 4.92 Å². The predicted molar refractivity (Wildman–Crippen MR) is 103 cm³/mol. The first-order valence-corrected chi connectivity index (χ1v) is 8.59. The van der Waals surface area contributed by atoms with E-state index in [9.17, 15) is 14.9 Å². The molecular weight excluding hydrogens is 330 g/mol. The third kappa shape index (κ3) is 5.13. The molecule has 1 atom stereocenters. The number of nitro groups is 1. The highest BCUT2D eigenvalue weighted by Gasteiger charge is 2.14. The second-order valence-corrected chi connectivity index (χ2v) is 6.62. The molecule has 0 aliphatic rings. The van der Waals surface area contributed by atoms with Crippen LogP contribution < -0.4 is 5.32 Å². The molecule has 0 spiro atoms. The highest BCUT2D eigenvalue weighted by molar-refractivity contribution is 5.92. The lowest BCUT2D eigenvalue weighted by Gasteiger charge is -2.25. The Kier molecular flexibility index (Phi) is 6.46. The lowest BCUT2D eigenvalue weighted by Crippen LogP contribution is -2.27. The average molecular weight is 355 g/mol. The van der Waals surface area contributed by atoms with Crippen LogP contribution in [0.15, 0.2) is 42.5 Å². The summed E-state index contributed by atoms with van der Waals surface area (Å²) in [6, 6.07) is 13.0. The Labute approximate surface area is 154 Å². The van der Waals surface area contributed by atoms with Crippen molar-refractivity contribution in [3.05, 3.63) is 69.3 Å². The summed E-state index contributed by atoms with van der Waals surface area (Å²) in [6.07, 6.45) is 0.314. The van der Waals surface area contributed by atoms with Gasteiger partial charge in [0.05, 0.1) is 10.6 Å². The topological polar surface area (TPSA) is 75.5 Å². The maximum Gasteiger partial charge on any atom is 0.271 e. The summed E-state index contributed by atoms with van der Waals surface area (Å²) < 4.78 is 0. The zero-order valence-corrected chi connectivity index (χ0v) is 15.7. The van der Waals surface area contributed by atoms with Gasteiger partial charge < -0.3 is 5.32 Å². The maximum atomic E-state index is 12.2. The van der Waals surface area contributed by atoms with Gasteiger partial charge in [-0.15, -0.1) is 0 Å². The van der Waals surface area contributed by atoms with Gasteiger partial charge in [0, 0.05) is 31.1 Å². The van der Waals surface area contributed by atoms with E-state index in [1.807, 2.05) is 14.0 Å². The average Bonchev–Trinajstić information content (AvgIpc) is 2.61. The number of amides is 1. The van der Waals surface area contributed by atoms with Crippen molar-refractivity contribution in [3.8, 4) is 0 Å². The molecule has 0 aliphatic carbocycles. The highest BCUT2D eigenvalue weighted by Crippen LogP contribution is 2.22. The summed E-state index contributed by atoms with van der Waals surface area (Å²) >= 11 is 0. The fourth-order valence-electron chi connectivity index (χ4n) is 2.64. The minimum atomic E-state index is -0.466. The zero-order valence-electron chi connectivity index (χ0n) is 15.7. The van der Waals surface area contributed by atoms with Gasteiger partial charge in [0.2, 0.25) is 5.91 Å². The molecule has 0 saturated carbocycles. The molecule has 0 bridgehead atoms. The molecule has 2 rings (SSSR count). The molecule has 0 aliphatic heterocycles. The van der Waals surface area contributed by atoms with Crippen LogP contribution in [0.25, 0.3) is 0 Å². The van der Waals surface area contributed by atoms with Crippen LogP contribution in [0.3, 0.4) is 0 Å². The Morgan fingerprint density at radius 1 is 1.19 bits per heavy atom. The second-order valence-electron chi connectivity index (χ2n) is 6.62. The number of carbonyl (C=O) groups is 1. The van der Waals surface area contributed by atoms with Crippen molar-refractivity contribution in [2.45, 2.75) is 33.2 Å². The molecular formula is C20H25N3O3. The van der Waals surface area contributed by atoms with Crippen LogP contribution >= 0.6 is 0 Å². The second kappa shape index (κ2) is 8.58. The molecule has 1 N–H and O–H groups in total. The van der Waals surface area contributed by atoms with Crippen molar-refractivity contribution in [2.24, 2.45) is 0 Å². The number of nitrogens with zero attached hydrogens (tertiary/aromatic N) is 2. The van der Waals surface area contributed by atoms with Crippen LogP contribution in [0.1, 0.15) is 36.1 Å². The molecule has 2 aromatic carbocycles. The number of nitro benzene ring substituents is 1. The molecule has 6 heteroatoms. The summed E-state index contributed by atoms with van der Waals surface area (Å²) in [6.45, 7) is 6.56. The summed E-state index contributed by atoms with van der Waals surface area (Å²) in [7, 11) is 1.98. The first kappa shape index (κ1) is 19.6. The molecule has 0 fully saturated rings. The predicted octanol–water partition coefficient (Wildman–Crippen LogP) is 4.23. The quantitative estimate of drug-likeness (QED) is 0.595. The Hall–Kier alpha value is -2.73. The van der Waals surface area contributed by atoms with Gasteiger partial charge in [-0.25, -0.2) is 0 Å². The van der Waals surface area contributed by atoms with Crippen LogP contribution in [0.2, 0.25) is 0 Å². The number of aryl methyl sites for hydroxylation is 2. The van der Waals surface area contributed by atoms with Crippen LogP contribution in [-0.2, 0) is 4.79 Å².